The number of phenols is 1. The van der Waals surface area contributed by atoms with Gasteiger partial charge in [0.05, 0.1) is 11.3 Å². The average molecular weight is 295 g/mol. The van der Waals surface area contributed by atoms with E-state index < -0.39 is 11.7 Å². The van der Waals surface area contributed by atoms with Crippen molar-refractivity contribution in [3.05, 3.63) is 60.3 Å². The number of carbonyl (C=O) groups excluding carboxylic acids is 2. The highest BCUT2D eigenvalue weighted by molar-refractivity contribution is 6.45. The molecule has 6 heteroatoms. The standard InChI is InChI=1S/C16H13N3O3/c20-11-7-5-10(6-8-11)18-19-16(22)15(21)13-9-17-14-4-2-1-3-12(13)14/h1-9,17-18,20H,(H,19,22). The molecule has 6 nitrogen and oxygen atoms in total. The van der Waals surface area contributed by atoms with E-state index in [2.05, 4.69) is 15.8 Å². The van der Waals surface area contributed by atoms with Crippen LogP contribution >= 0.6 is 0 Å². The fraction of sp³-hybridized carbons (Fsp3) is 0. The Morgan fingerprint density at radius 2 is 1.73 bits per heavy atom. The lowest BCUT2D eigenvalue weighted by molar-refractivity contribution is -0.116. The molecule has 0 aliphatic rings. The molecule has 1 aromatic heterocycles. The second-order valence-electron chi connectivity index (χ2n) is 4.70. The smallest absolute Gasteiger partial charge is 0.310 e. The number of Topliss-reactive ketones (excluding diaryl/α,β-unsaturated/α-hetero) is 1. The summed E-state index contributed by atoms with van der Waals surface area (Å²) in [7, 11) is 0. The first-order valence-corrected chi connectivity index (χ1v) is 6.61. The molecular weight excluding hydrogens is 282 g/mol. The number of aromatic hydroxyl groups is 1. The van der Waals surface area contributed by atoms with Gasteiger partial charge >= 0.3 is 5.91 Å². The summed E-state index contributed by atoms with van der Waals surface area (Å²) in [4.78, 5) is 27.1. The van der Waals surface area contributed by atoms with E-state index in [9.17, 15) is 14.7 Å². The number of hydrogen-bond donors (Lipinski definition) is 4. The zero-order valence-electron chi connectivity index (χ0n) is 11.5. The normalized spacial score (nSPS) is 10.4. The summed E-state index contributed by atoms with van der Waals surface area (Å²) < 4.78 is 0. The van der Waals surface area contributed by atoms with Gasteiger partial charge in [-0.3, -0.25) is 20.4 Å². The molecule has 3 aromatic rings. The molecule has 0 radical (unpaired) electrons. The highest BCUT2D eigenvalue weighted by Crippen LogP contribution is 2.18. The number of phenolic OH excluding ortho intramolecular Hbond substituents is 1. The van der Waals surface area contributed by atoms with Crippen LogP contribution in [-0.4, -0.2) is 21.8 Å². The molecule has 110 valence electrons. The van der Waals surface area contributed by atoms with E-state index in [4.69, 9.17) is 0 Å². The number of hydrazine groups is 1. The van der Waals surface area contributed by atoms with E-state index in [0.29, 0.717) is 16.6 Å². The predicted octanol–water partition coefficient (Wildman–Crippen LogP) is 2.20. The van der Waals surface area contributed by atoms with Crippen LogP contribution < -0.4 is 10.9 Å². The van der Waals surface area contributed by atoms with Crippen LogP contribution in [-0.2, 0) is 4.79 Å². The van der Waals surface area contributed by atoms with Crippen molar-refractivity contribution in [2.45, 2.75) is 0 Å². The molecule has 1 heterocycles. The molecule has 3 rings (SSSR count). The molecule has 0 unspecified atom stereocenters. The molecule has 0 bridgehead atoms. The maximum atomic E-state index is 12.2. The van der Waals surface area contributed by atoms with E-state index >= 15 is 0 Å². The van der Waals surface area contributed by atoms with Gasteiger partial charge in [-0.1, -0.05) is 18.2 Å². The number of para-hydroxylation sites is 1. The lowest BCUT2D eigenvalue weighted by Gasteiger charge is -2.07. The molecule has 2 aromatic carbocycles. The Balaban J connectivity index is 1.72. The number of amides is 1. The van der Waals surface area contributed by atoms with Gasteiger partial charge in [0.2, 0.25) is 0 Å². The number of aromatic amines is 1. The number of aromatic nitrogens is 1. The van der Waals surface area contributed by atoms with Gasteiger partial charge in [0, 0.05) is 17.1 Å². The first kappa shape index (κ1) is 13.7. The fourth-order valence-corrected chi connectivity index (χ4v) is 2.11. The molecule has 0 spiro atoms. The van der Waals surface area contributed by atoms with Crippen molar-refractivity contribution in [2.24, 2.45) is 0 Å². The van der Waals surface area contributed by atoms with Gasteiger partial charge in [-0.2, -0.15) is 0 Å². The first-order valence-electron chi connectivity index (χ1n) is 6.61. The van der Waals surface area contributed by atoms with Crippen LogP contribution in [0.1, 0.15) is 10.4 Å². The van der Waals surface area contributed by atoms with Crippen molar-refractivity contribution >= 4 is 28.3 Å². The molecule has 4 N–H and O–H groups in total. The van der Waals surface area contributed by atoms with Gasteiger partial charge in [-0.25, -0.2) is 0 Å². The summed E-state index contributed by atoms with van der Waals surface area (Å²) in [6.07, 6.45) is 1.52. The number of H-pyrrole nitrogens is 1. The van der Waals surface area contributed by atoms with Crippen LogP contribution in [0.2, 0.25) is 0 Å². The number of fused-ring (bicyclic) bond motifs is 1. The maximum absolute atomic E-state index is 12.2. The van der Waals surface area contributed by atoms with Gasteiger partial charge in [-0.05, 0) is 30.3 Å². The maximum Gasteiger partial charge on any atom is 0.310 e. The Labute approximate surface area is 125 Å². The number of nitrogens with one attached hydrogen (secondary N) is 3. The van der Waals surface area contributed by atoms with Crippen molar-refractivity contribution in [3.8, 4) is 5.75 Å². The van der Waals surface area contributed by atoms with Gasteiger partial charge in [-0.15, -0.1) is 0 Å². The summed E-state index contributed by atoms with van der Waals surface area (Å²) in [5.41, 5.74) is 6.63. The third-order valence-corrected chi connectivity index (χ3v) is 3.23. The van der Waals surface area contributed by atoms with Crippen LogP contribution in [0.25, 0.3) is 10.9 Å². The predicted molar refractivity (Wildman–Crippen MR) is 82.5 cm³/mol. The van der Waals surface area contributed by atoms with Crippen molar-refractivity contribution in [3.63, 3.8) is 0 Å². The van der Waals surface area contributed by atoms with Gasteiger partial charge in [0.15, 0.2) is 0 Å². The quantitative estimate of drug-likeness (QED) is 0.257. The minimum atomic E-state index is -0.766. The van der Waals surface area contributed by atoms with E-state index in [0.717, 1.165) is 5.52 Å². The molecule has 0 atom stereocenters. The Morgan fingerprint density at radius 3 is 2.50 bits per heavy atom. The van der Waals surface area contributed by atoms with Crippen LogP contribution in [0, 0.1) is 0 Å². The van der Waals surface area contributed by atoms with Crippen molar-refractivity contribution in [2.75, 3.05) is 5.43 Å². The van der Waals surface area contributed by atoms with Crippen LogP contribution in [0.5, 0.6) is 5.75 Å². The number of hydrogen-bond acceptors (Lipinski definition) is 4. The minimum absolute atomic E-state index is 0.117. The molecule has 1 amide bonds. The highest BCUT2D eigenvalue weighted by Gasteiger charge is 2.19. The second kappa shape index (κ2) is 5.61. The summed E-state index contributed by atoms with van der Waals surface area (Å²) in [5.74, 6) is -1.28. The monoisotopic (exact) mass is 295 g/mol. The molecule has 22 heavy (non-hydrogen) atoms. The molecule has 0 aliphatic carbocycles. The lowest BCUT2D eigenvalue weighted by atomic mass is 10.1. The third kappa shape index (κ3) is 2.62. The molecule has 0 saturated heterocycles. The van der Waals surface area contributed by atoms with Crippen LogP contribution in [0.4, 0.5) is 5.69 Å². The van der Waals surface area contributed by atoms with E-state index in [-0.39, 0.29) is 5.75 Å². The second-order valence-corrected chi connectivity index (χ2v) is 4.70. The molecular formula is C16H13N3O3. The Kier molecular flexibility index (Phi) is 3.49. The van der Waals surface area contributed by atoms with E-state index in [1.54, 1.807) is 24.3 Å². The molecule has 0 saturated carbocycles. The Morgan fingerprint density at radius 1 is 1.00 bits per heavy atom. The summed E-state index contributed by atoms with van der Waals surface area (Å²) in [5, 5.41) is 9.88. The SMILES string of the molecule is O=C(NNc1ccc(O)cc1)C(=O)c1c[nH]c2ccccc12. The average Bonchev–Trinajstić information content (AvgIpc) is 2.97. The van der Waals surface area contributed by atoms with E-state index in [1.165, 1.54) is 18.3 Å². The number of ketones is 1. The summed E-state index contributed by atoms with van der Waals surface area (Å²) >= 11 is 0. The lowest BCUT2D eigenvalue weighted by Crippen LogP contribution is -2.35. The Hall–Kier alpha value is -3.28. The van der Waals surface area contributed by atoms with Crippen molar-refractivity contribution in [1.82, 2.24) is 10.4 Å². The highest BCUT2D eigenvalue weighted by atomic mass is 16.3. The third-order valence-electron chi connectivity index (χ3n) is 3.23. The fourth-order valence-electron chi connectivity index (χ4n) is 2.11. The molecule has 0 aliphatic heterocycles. The summed E-state index contributed by atoms with van der Waals surface area (Å²) in [6, 6.07) is 13.3. The largest absolute Gasteiger partial charge is 0.508 e. The zero-order chi connectivity index (χ0) is 15.5. The van der Waals surface area contributed by atoms with Crippen LogP contribution in [0.3, 0.4) is 0 Å². The van der Waals surface area contributed by atoms with Crippen molar-refractivity contribution in [1.29, 1.82) is 0 Å². The number of rotatable bonds is 4. The van der Waals surface area contributed by atoms with Crippen molar-refractivity contribution < 1.29 is 14.7 Å². The summed E-state index contributed by atoms with van der Waals surface area (Å²) in [6.45, 7) is 0. The number of carbonyl (C=O) groups is 2. The van der Waals surface area contributed by atoms with Gasteiger partial charge < -0.3 is 10.1 Å². The van der Waals surface area contributed by atoms with Crippen LogP contribution in [0.15, 0.2) is 54.7 Å². The topological polar surface area (TPSA) is 94.2 Å². The minimum Gasteiger partial charge on any atom is -0.508 e. The Bertz CT molecular complexity index is 837. The van der Waals surface area contributed by atoms with E-state index in [1.807, 2.05) is 12.1 Å². The molecule has 0 fully saturated rings. The zero-order valence-corrected chi connectivity index (χ0v) is 11.5. The first-order chi connectivity index (χ1) is 10.6. The van der Waals surface area contributed by atoms with Gasteiger partial charge in [0.1, 0.15) is 5.75 Å². The number of benzene rings is 2. The van der Waals surface area contributed by atoms with Gasteiger partial charge in [0.25, 0.3) is 5.78 Å². The number of anilines is 1.